The van der Waals surface area contributed by atoms with E-state index in [4.69, 9.17) is 22.4 Å². The molecule has 1 fully saturated rings. The molecule has 2 rings (SSSR count). The monoisotopic (exact) mass is 247 g/mol. The van der Waals surface area contributed by atoms with Crippen LogP contribution >= 0.6 is 11.6 Å². The summed E-state index contributed by atoms with van der Waals surface area (Å²) in [4.78, 5) is 11.0. The fourth-order valence-electron chi connectivity index (χ4n) is 1.68. The van der Waals surface area contributed by atoms with Crippen molar-refractivity contribution in [1.82, 2.24) is 0 Å². The summed E-state index contributed by atoms with van der Waals surface area (Å²) >= 11 is 5.62. The van der Waals surface area contributed by atoms with Crippen molar-refractivity contribution in [1.29, 1.82) is 0 Å². The number of nitrogens with two attached hydrogens (primary N) is 1. The fraction of sp³-hybridized carbons (Fsp3) is 0.300. The molecule has 0 amide bonds. The van der Waals surface area contributed by atoms with Gasteiger partial charge in [-0.05, 0) is 24.3 Å². The number of carboxylic acid groups (broad SMARTS) is 1. The first-order valence-corrected chi connectivity index (χ1v) is 5.02. The van der Waals surface area contributed by atoms with Crippen LogP contribution in [0.1, 0.15) is 34.7 Å². The van der Waals surface area contributed by atoms with Crippen LogP contribution < -0.4 is 5.73 Å². The zero-order chi connectivity index (χ0) is 12.0. The number of hydrogen-bond acceptors (Lipinski definition) is 2. The Morgan fingerprint density at radius 3 is 2.38 bits per heavy atom. The molecular formula is C10H8ClF2NO2. The summed E-state index contributed by atoms with van der Waals surface area (Å²) in [5.41, 5.74) is 4.29. The molecule has 6 heteroatoms. The lowest BCUT2D eigenvalue weighted by Gasteiger charge is -2.12. The molecule has 0 heterocycles. The highest BCUT2D eigenvalue weighted by molar-refractivity contribution is 6.32. The third-order valence-electron chi connectivity index (χ3n) is 2.60. The quantitative estimate of drug-likeness (QED) is 0.624. The van der Waals surface area contributed by atoms with E-state index >= 15 is 0 Å². The Hall–Kier alpha value is -1.36. The molecule has 1 aliphatic carbocycles. The average Bonchev–Trinajstić information content (AvgIpc) is 3.03. The SMILES string of the molecule is Nc1c(F)c(F)c(Cl)c(C2CC2)c1C(=O)O. The molecule has 1 aromatic rings. The maximum Gasteiger partial charge on any atom is 0.338 e. The Morgan fingerprint density at radius 1 is 1.38 bits per heavy atom. The van der Waals surface area contributed by atoms with E-state index in [0.717, 1.165) is 0 Å². The summed E-state index contributed by atoms with van der Waals surface area (Å²) in [6, 6.07) is 0. The van der Waals surface area contributed by atoms with Crippen molar-refractivity contribution in [2.45, 2.75) is 18.8 Å². The smallest absolute Gasteiger partial charge is 0.338 e. The summed E-state index contributed by atoms with van der Waals surface area (Å²) in [7, 11) is 0. The number of rotatable bonds is 2. The highest BCUT2D eigenvalue weighted by Crippen LogP contribution is 2.47. The van der Waals surface area contributed by atoms with Gasteiger partial charge in [0.1, 0.15) is 0 Å². The highest BCUT2D eigenvalue weighted by atomic mass is 35.5. The molecule has 86 valence electrons. The summed E-state index contributed by atoms with van der Waals surface area (Å²) in [6.07, 6.45) is 1.43. The Morgan fingerprint density at radius 2 is 1.94 bits per heavy atom. The van der Waals surface area contributed by atoms with Gasteiger partial charge in [-0.3, -0.25) is 0 Å². The Balaban J connectivity index is 2.78. The molecule has 3 nitrogen and oxygen atoms in total. The van der Waals surface area contributed by atoms with Crippen LogP contribution in [0.4, 0.5) is 14.5 Å². The minimum atomic E-state index is -1.40. The molecule has 0 spiro atoms. The van der Waals surface area contributed by atoms with Crippen molar-refractivity contribution < 1.29 is 18.7 Å². The van der Waals surface area contributed by atoms with Crippen LogP contribution in [0.3, 0.4) is 0 Å². The van der Waals surface area contributed by atoms with Crippen molar-refractivity contribution in [3.63, 3.8) is 0 Å². The van der Waals surface area contributed by atoms with E-state index in [-0.39, 0.29) is 11.5 Å². The number of aromatic carboxylic acids is 1. The van der Waals surface area contributed by atoms with Crippen LogP contribution in [-0.2, 0) is 0 Å². The molecule has 3 N–H and O–H groups in total. The number of anilines is 1. The predicted octanol–water partition coefficient (Wildman–Crippen LogP) is 2.78. The predicted molar refractivity (Wildman–Crippen MR) is 54.7 cm³/mol. The van der Waals surface area contributed by atoms with Crippen LogP contribution in [0, 0.1) is 11.6 Å². The number of hydrogen-bond donors (Lipinski definition) is 2. The molecule has 16 heavy (non-hydrogen) atoms. The van der Waals surface area contributed by atoms with E-state index < -0.39 is 33.9 Å². The molecule has 0 atom stereocenters. The first-order chi connectivity index (χ1) is 7.45. The maximum atomic E-state index is 13.3. The molecule has 1 saturated carbocycles. The molecule has 0 bridgehead atoms. The lowest BCUT2D eigenvalue weighted by molar-refractivity contribution is 0.0696. The topological polar surface area (TPSA) is 63.3 Å². The first-order valence-electron chi connectivity index (χ1n) is 4.64. The maximum absolute atomic E-state index is 13.3. The van der Waals surface area contributed by atoms with Gasteiger partial charge in [-0.25, -0.2) is 13.6 Å². The van der Waals surface area contributed by atoms with Crippen molar-refractivity contribution >= 4 is 23.3 Å². The third-order valence-corrected chi connectivity index (χ3v) is 2.97. The lowest BCUT2D eigenvalue weighted by Crippen LogP contribution is -2.11. The number of carboxylic acids is 1. The molecule has 1 aromatic carbocycles. The van der Waals surface area contributed by atoms with Crippen LogP contribution in [0.5, 0.6) is 0 Å². The van der Waals surface area contributed by atoms with E-state index in [0.29, 0.717) is 12.8 Å². The molecule has 0 saturated heterocycles. The molecular weight excluding hydrogens is 240 g/mol. The van der Waals surface area contributed by atoms with Gasteiger partial charge in [0, 0.05) is 0 Å². The Kier molecular flexibility index (Phi) is 2.50. The molecule has 0 aromatic heterocycles. The van der Waals surface area contributed by atoms with Crippen LogP contribution in [0.25, 0.3) is 0 Å². The lowest BCUT2D eigenvalue weighted by atomic mass is 10.0. The zero-order valence-electron chi connectivity index (χ0n) is 8.06. The van der Waals surface area contributed by atoms with Gasteiger partial charge in [-0.1, -0.05) is 11.6 Å². The Labute approximate surface area is 94.8 Å². The van der Waals surface area contributed by atoms with Crippen molar-refractivity contribution in [3.8, 4) is 0 Å². The summed E-state index contributed by atoms with van der Waals surface area (Å²) in [5.74, 6) is -4.19. The molecule has 0 unspecified atom stereocenters. The number of halogens is 3. The van der Waals surface area contributed by atoms with Crippen LogP contribution in [0.15, 0.2) is 0 Å². The van der Waals surface area contributed by atoms with Gasteiger partial charge in [0.15, 0.2) is 11.6 Å². The second-order valence-electron chi connectivity index (χ2n) is 3.72. The van der Waals surface area contributed by atoms with Gasteiger partial charge in [0.2, 0.25) is 0 Å². The number of benzene rings is 1. The second-order valence-corrected chi connectivity index (χ2v) is 4.10. The molecule has 0 radical (unpaired) electrons. The Bertz CT molecular complexity index is 486. The van der Waals surface area contributed by atoms with Gasteiger partial charge in [-0.15, -0.1) is 0 Å². The van der Waals surface area contributed by atoms with Gasteiger partial charge in [0.05, 0.1) is 16.3 Å². The second kappa shape index (κ2) is 3.59. The van der Waals surface area contributed by atoms with E-state index in [9.17, 15) is 13.6 Å². The summed E-state index contributed by atoms with van der Waals surface area (Å²) in [5, 5.41) is 8.47. The zero-order valence-corrected chi connectivity index (χ0v) is 8.81. The van der Waals surface area contributed by atoms with Crippen molar-refractivity contribution in [2.24, 2.45) is 0 Å². The average molecular weight is 248 g/mol. The van der Waals surface area contributed by atoms with E-state index in [1.54, 1.807) is 0 Å². The van der Waals surface area contributed by atoms with Gasteiger partial charge in [0.25, 0.3) is 0 Å². The van der Waals surface area contributed by atoms with Gasteiger partial charge >= 0.3 is 5.97 Å². The van der Waals surface area contributed by atoms with Crippen molar-refractivity contribution in [3.05, 3.63) is 27.8 Å². The van der Waals surface area contributed by atoms with E-state index in [1.807, 2.05) is 0 Å². The largest absolute Gasteiger partial charge is 0.478 e. The van der Waals surface area contributed by atoms with Crippen molar-refractivity contribution in [2.75, 3.05) is 5.73 Å². The molecule has 1 aliphatic rings. The van der Waals surface area contributed by atoms with Gasteiger partial charge < -0.3 is 10.8 Å². The van der Waals surface area contributed by atoms with Crippen LogP contribution in [-0.4, -0.2) is 11.1 Å². The standard InChI is InChI=1S/C10H8ClF2NO2/c11-6-4(3-1-2-3)5(10(15)16)9(14)8(13)7(6)12/h3H,1-2,14H2,(H,15,16). The number of nitrogen functional groups attached to an aromatic ring is 1. The normalized spacial score (nSPS) is 15.2. The minimum Gasteiger partial charge on any atom is -0.478 e. The summed E-state index contributed by atoms with van der Waals surface area (Å²) < 4.78 is 26.5. The molecule has 0 aliphatic heterocycles. The summed E-state index contributed by atoms with van der Waals surface area (Å²) in [6.45, 7) is 0. The van der Waals surface area contributed by atoms with Crippen LogP contribution in [0.2, 0.25) is 5.02 Å². The third kappa shape index (κ3) is 1.51. The minimum absolute atomic E-state index is 0.116. The fourth-order valence-corrected chi connectivity index (χ4v) is 2.01. The highest BCUT2D eigenvalue weighted by Gasteiger charge is 2.35. The van der Waals surface area contributed by atoms with E-state index in [1.165, 1.54) is 0 Å². The number of carbonyl (C=O) groups is 1. The van der Waals surface area contributed by atoms with E-state index in [2.05, 4.69) is 0 Å². The van der Waals surface area contributed by atoms with Gasteiger partial charge in [-0.2, -0.15) is 0 Å². The first kappa shape index (κ1) is 11.1.